The molecule has 6 heteroatoms. The maximum Gasteiger partial charge on any atom is 0.335 e. The maximum absolute atomic E-state index is 13.0. The lowest BCUT2D eigenvalue weighted by molar-refractivity contribution is 0.0696. The fourth-order valence-electron chi connectivity index (χ4n) is 1.67. The molecule has 1 heterocycles. The molecule has 2 aromatic rings. The molecule has 0 unspecified atom stereocenters. The van der Waals surface area contributed by atoms with Crippen LogP contribution in [0.4, 0.5) is 10.1 Å². The van der Waals surface area contributed by atoms with Gasteiger partial charge in [0.15, 0.2) is 0 Å². The number of aromatic nitrogens is 1. The maximum atomic E-state index is 13.0. The van der Waals surface area contributed by atoms with Gasteiger partial charge in [0, 0.05) is 30.6 Å². The number of rotatable bonds is 3. The van der Waals surface area contributed by atoms with Crippen molar-refractivity contribution in [2.45, 2.75) is 0 Å². The fraction of sp³-hybridized carbons (Fsp3) is 0.0714. The number of carbonyl (C=O) groups excluding carboxylic acids is 1. The van der Waals surface area contributed by atoms with E-state index in [1.165, 1.54) is 48.5 Å². The van der Waals surface area contributed by atoms with Crippen molar-refractivity contribution in [2.24, 2.45) is 0 Å². The molecule has 1 N–H and O–H groups in total. The molecule has 0 atom stereocenters. The molecule has 5 nitrogen and oxygen atoms in total. The second kappa shape index (κ2) is 5.48. The Balaban J connectivity index is 2.24. The number of nitrogens with zero attached hydrogens (tertiary/aromatic N) is 2. The molecule has 0 radical (unpaired) electrons. The van der Waals surface area contributed by atoms with E-state index in [0.717, 1.165) is 6.07 Å². The van der Waals surface area contributed by atoms with E-state index in [2.05, 4.69) is 4.98 Å². The van der Waals surface area contributed by atoms with Gasteiger partial charge in [-0.15, -0.1) is 0 Å². The molecule has 0 aliphatic carbocycles. The highest BCUT2D eigenvalue weighted by Gasteiger charge is 2.14. The second-order valence-electron chi connectivity index (χ2n) is 4.08. The zero-order valence-corrected chi connectivity index (χ0v) is 10.6. The van der Waals surface area contributed by atoms with Crippen LogP contribution < -0.4 is 4.90 Å². The van der Waals surface area contributed by atoms with Gasteiger partial charge < -0.3 is 10.0 Å². The van der Waals surface area contributed by atoms with Crippen LogP contribution in [-0.4, -0.2) is 29.0 Å². The van der Waals surface area contributed by atoms with Crippen molar-refractivity contribution >= 4 is 17.6 Å². The predicted molar refractivity (Wildman–Crippen MR) is 70.3 cm³/mol. The lowest BCUT2D eigenvalue weighted by Crippen LogP contribution is -2.26. The van der Waals surface area contributed by atoms with Crippen molar-refractivity contribution in [3.05, 3.63) is 59.7 Å². The van der Waals surface area contributed by atoms with Gasteiger partial charge in [-0.3, -0.25) is 4.79 Å². The molecular weight excluding hydrogens is 263 g/mol. The Hall–Kier alpha value is -2.76. The number of carbonyl (C=O) groups is 2. The first-order valence-electron chi connectivity index (χ1n) is 5.72. The average molecular weight is 274 g/mol. The third-order valence-corrected chi connectivity index (χ3v) is 2.78. The monoisotopic (exact) mass is 274 g/mol. The van der Waals surface area contributed by atoms with Gasteiger partial charge in [0.05, 0.1) is 5.56 Å². The van der Waals surface area contributed by atoms with Crippen molar-refractivity contribution in [1.29, 1.82) is 0 Å². The molecule has 20 heavy (non-hydrogen) atoms. The molecular formula is C14H11FN2O3. The van der Waals surface area contributed by atoms with E-state index in [1.807, 2.05) is 0 Å². The molecule has 0 aliphatic heterocycles. The Morgan fingerprint density at radius 3 is 2.35 bits per heavy atom. The number of hydrogen-bond acceptors (Lipinski definition) is 3. The number of carboxylic acids is 1. The summed E-state index contributed by atoms with van der Waals surface area (Å²) in [6.45, 7) is 0. The van der Waals surface area contributed by atoms with Crippen molar-refractivity contribution in [2.75, 3.05) is 11.9 Å². The van der Waals surface area contributed by atoms with Crippen LogP contribution in [0.5, 0.6) is 0 Å². The quantitative estimate of drug-likeness (QED) is 0.871. The Labute approximate surface area is 114 Å². The van der Waals surface area contributed by atoms with E-state index < -0.39 is 17.8 Å². The first-order chi connectivity index (χ1) is 9.49. The van der Waals surface area contributed by atoms with E-state index >= 15 is 0 Å². The topological polar surface area (TPSA) is 70.5 Å². The summed E-state index contributed by atoms with van der Waals surface area (Å²) in [6.07, 6.45) is 1.21. The summed E-state index contributed by atoms with van der Waals surface area (Å²) in [5.74, 6) is -2.18. The fourth-order valence-corrected chi connectivity index (χ4v) is 1.67. The van der Waals surface area contributed by atoms with Crippen LogP contribution in [0.25, 0.3) is 0 Å². The Morgan fingerprint density at radius 2 is 1.80 bits per heavy atom. The second-order valence-corrected chi connectivity index (χ2v) is 4.08. The van der Waals surface area contributed by atoms with Crippen molar-refractivity contribution in [3.8, 4) is 0 Å². The molecule has 0 spiro atoms. The van der Waals surface area contributed by atoms with E-state index in [1.54, 1.807) is 0 Å². The van der Waals surface area contributed by atoms with Gasteiger partial charge in [0.2, 0.25) is 5.95 Å². The number of halogens is 1. The molecule has 2 rings (SSSR count). The molecule has 102 valence electrons. The number of pyridine rings is 1. The highest BCUT2D eigenvalue weighted by atomic mass is 19.1. The highest BCUT2D eigenvalue weighted by molar-refractivity contribution is 6.05. The van der Waals surface area contributed by atoms with E-state index in [4.69, 9.17) is 5.11 Å². The first kappa shape index (κ1) is 13.7. The highest BCUT2D eigenvalue weighted by Crippen LogP contribution is 2.16. The van der Waals surface area contributed by atoms with Gasteiger partial charge in [-0.25, -0.2) is 9.78 Å². The van der Waals surface area contributed by atoms with Gasteiger partial charge in [0.25, 0.3) is 5.91 Å². The number of anilines is 1. The lowest BCUT2D eigenvalue weighted by Gasteiger charge is -2.17. The zero-order valence-electron chi connectivity index (χ0n) is 10.6. The van der Waals surface area contributed by atoms with Crippen LogP contribution in [0.15, 0.2) is 42.6 Å². The predicted octanol–water partition coefficient (Wildman–Crippen LogP) is 2.20. The Morgan fingerprint density at radius 1 is 1.15 bits per heavy atom. The largest absolute Gasteiger partial charge is 0.478 e. The van der Waals surface area contributed by atoms with Gasteiger partial charge in [-0.1, -0.05) is 0 Å². The number of aromatic carboxylic acids is 1. The lowest BCUT2D eigenvalue weighted by atomic mass is 10.2. The normalized spacial score (nSPS) is 10.1. The summed E-state index contributed by atoms with van der Waals surface area (Å²) in [5, 5.41) is 8.80. The first-order valence-corrected chi connectivity index (χ1v) is 5.72. The molecule has 1 aromatic heterocycles. The summed E-state index contributed by atoms with van der Waals surface area (Å²) in [4.78, 5) is 27.6. The standard InChI is InChI=1S/C14H11FN2O3/c1-17(11-4-2-9(3-5-11)14(19)20)13(18)10-6-7-16-12(15)8-10/h2-8H,1H3,(H,19,20). The van der Waals surface area contributed by atoms with Crippen LogP contribution in [-0.2, 0) is 0 Å². The molecule has 0 aliphatic rings. The number of amides is 1. The summed E-state index contributed by atoms with van der Waals surface area (Å²) >= 11 is 0. The van der Waals surface area contributed by atoms with Crippen molar-refractivity contribution in [3.63, 3.8) is 0 Å². The van der Waals surface area contributed by atoms with E-state index in [-0.39, 0.29) is 11.1 Å². The van der Waals surface area contributed by atoms with Gasteiger partial charge in [0.1, 0.15) is 0 Å². The molecule has 1 aromatic carbocycles. The SMILES string of the molecule is CN(C(=O)c1ccnc(F)c1)c1ccc(C(=O)O)cc1. The van der Waals surface area contributed by atoms with Crippen LogP contribution >= 0.6 is 0 Å². The van der Waals surface area contributed by atoms with Gasteiger partial charge >= 0.3 is 5.97 Å². The minimum absolute atomic E-state index is 0.129. The third-order valence-electron chi connectivity index (χ3n) is 2.78. The minimum Gasteiger partial charge on any atom is -0.478 e. The smallest absolute Gasteiger partial charge is 0.335 e. The Bertz CT molecular complexity index is 656. The van der Waals surface area contributed by atoms with E-state index in [9.17, 15) is 14.0 Å². The Kier molecular flexibility index (Phi) is 3.74. The average Bonchev–Trinajstić information content (AvgIpc) is 2.46. The van der Waals surface area contributed by atoms with Crippen LogP contribution in [0.2, 0.25) is 0 Å². The van der Waals surface area contributed by atoms with Crippen LogP contribution in [0, 0.1) is 5.95 Å². The number of carboxylic acid groups (broad SMARTS) is 1. The molecule has 0 saturated carbocycles. The molecule has 0 fully saturated rings. The summed E-state index contributed by atoms with van der Waals surface area (Å²) in [7, 11) is 1.52. The van der Waals surface area contributed by atoms with Crippen LogP contribution in [0.1, 0.15) is 20.7 Å². The van der Waals surface area contributed by atoms with Crippen LogP contribution in [0.3, 0.4) is 0 Å². The molecule has 1 amide bonds. The summed E-state index contributed by atoms with van der Waals surface area (Å²) in [5.41, 5.74) is 0.809. The minimum atomic E-state index is -1.04. The number of hydrogen-bond donors (Lipinski definition) is 1. The number of benzene rings is 1. The van der Waals surface area contributed by atoms with Crippen molar-refractivity contribution in [1.82, 2.24) is 4.98 Å². The van der Waals surface area contributed by atoms with Gasteiger partial charge in [-0.2, -0.15) is 4.39 Å². The van der Waals surface area contributed by atoms with E-state index in [0.29, 0.717) is 5.69 Å². The van der Waals surface area contributed by atoms with Crippen molar-refractivity contribution < 1.29 is 19.1 Å². The third kappa shape index (κ3) is 2.80. The summed E-state index contributed by atoms with van der Waals surface area (Å²) < 4.78 is 13.0. The summed E-state index contributed by atoms with van der Waals surface area (Å²) in [6, 6.07) is 8.28. The van der Waals surface area contributed by atoms with Gasteiger partial charge in [-0.05, 0) is 30.3 Å². The molecule has 0 saturated heterocycles. The zero-order chi connectivity index (χ0) is 14.7. The molecule has 0 bridgehead atoms.